The van der Waals surface area contributed by atoms with Crippen LogP contribution < -0.4 is 19.8 Å². The van der Waals surface area contributed by atoms with E-state index in [4.69, 9.17) is 18.9 Å². The molecule has 3 aromatic rings. The first-order valence-corrected chi connectivity index (χ1v) is 11.6. The van der Waals surface area contributed by atoms with E-state index in [0.29, 0.717) is 34.7 Å². The Morgan fingerprint density at radius 1 is 1.09 bits per heavy atom. The molecule has 0 radical (unpaired) electrons. The van der Waals surface area contributed by atoms with Gasteiger partial charge in [0.2, 0.25) is 0 Å². The van der Waals surface area contributed by atoms with Crippen molar-refractivity contribution in [1.29, 1.82) is 0 Å². The fourth-order valence-corrected chi connectivity index (χ4v) is 4.66. The van der Waals surface area contributed by atoms with Crippen LogP contribution in [0.25, 0.3) is 0 Å². The Labute approximate surface area is 204 Å². The molecule has 0 aliphatic carbocycles. The number of ether oxygens (including phenoxy) is 4. The molecule has 0 fully saturated rings. The highest BCUT2D eigenvalue weighted by Gasteiger charge is 2.30. The van der Waals surface area contributed by atoms with Crippen LogP contribution in [0.5, 0.6) is 17.2 Å². The van der Waals surface area contributed by atoms with Crippen LogP contribution in [0, 0.1) is 0 Å². The lowest BCUT2D eigenvalue weighted by molar-refractivity contribution is -0.140. The van der Waals surface area contributed by atoms with Crippen LogP contribution in [0.4, 0.5) is 0 Å². The first-order chi connectivity index (χ1) is 16.7. The van der Waals surface area contributed by atoms with Gasteiger partial charge in [-0.1, -0.05) is 18.2 Å². The number of aryl methyl sites for hydroxylation is 1. The molecule has 8 nitrogen and oxygen atoms in total. The average molecular weight is 481 g/mol. The lowest BCUT2D eigenvalue weighted by Gasteiger charge is -2.32. The summed E-state index contributed by atoms with van der Waals surface area (Å²) in [6.45, 7) is 4.19. The number of hydrogen-bond donors (Lipinski definition) is 2. The van der Waals surface area contributed by atoms with Gasteiger partial charge in [-0.05, 0) is 49.9 Å². The summed E-state index contributed by atoms with van der Waals surface area (Å²) >= 11 is 0. The molecule has 2 heterocycles. The highest BCUT2D eigenvalue weighted by Crippen LogP contribution is 2.38. The van der Waals surface area contributed by atoms with Crippen molar-refractivity contribution < 1.29 is 23.7 Å². The number of fused-ring (bicyclic) bond motifs is 1. The highest BCUT2D eigenvalue weighted by molar-refractivity contribution is 5.72. The molecule has 35 heavy (non-hydrogen) atoms. The van der Waals surface area contributed by atoms with E-state index in [1.54, 1.807) is 26.4 Å². The summed E-state index contributed by atoms with van der Waals surface area (Å²) in [5.41, 5.74) is 3.63. The van der Waals surface area contributed by atoms with Crippen molar-refractivity contribution in [2.75, 3.05) is 21.3 Å². The second-order valence-corrected chi connectivity index (χ2v) is 9.39. The van der Waals surface area contributed by atoms with Gasteiger partial charge in [0.1, 0.15) is 22.8 Å². The van der Waals surface area contributed by atoms with Crippen LogP contribution in [0.2, 0.25) is 0 Å². The van der Waals surface area contributed by atoms with Gasteiger partial charge in [0.05, 0.1) is 27.8 Å². The fourth-order valence-electron chi connectivity index (χ4n) is 4.66. The lowest BCUT2D eigenvalue weighted by atomic mass is 9.86. The van der Waals surface area contributed by atoms with Crippen LogP contribution >= 0.6 is 0 Å². The zero-order valence-electron chi connectivity index (χ0n) is 20.8. The van der Waals surface area contributed by atoms with Crippen molar-refractivity contribution >= 4 is 5.97 Å². The van der Waals surface area contributed by atoms with Crippen molar-refractivity contribution in [3.05, 3.63) is 74.7 Å². The topological polar surface area (TPSA) is 103 Å². The molecule has 4 rings (SSSR count). The Hall–Kier alpha value is -3.68. The van der Waals surface area contributed by atoms with Gasteiger partial charge < -0.3 is 24.0 Å². The minimum absolute atomic E-state index is 0.0137. The zero-order chi connectivity index (χ0) is 25.2. The van der Waals surface area contributed by atoms with Gasteiger partial charge in [0, 0.05) is 35.2 Å². The van der Waals surface area contributed by atoms with Crippen LogP contribution in [-0.2, 0) is 22.4 Å². The number of carbonyl (C=O) groups is 1. The predicted octanol–water partition coefficient (Wildman–Crippen LogP) is 4.11. The second-order valence-electron chi connectivity index (χ2n) is 9.39. The van der Waals surface area contributed by atoms with Crippen molar-refractivity contribution in [3.8, 4) is 17.2 Å². The molecule has 1 aliphatic heterocycles. The van der Waals surface area contributed by atoms with E-state index < -0.39 is 11.9 Å². The molecule has 1 aromatic heterocycles. The number of benzene rings is 2. The molecule has 8 heteroatoms. The molecule has 1 aliphatic rings. The zero-order valence-corrected chi connectivity index (χ0v) is 20.8. The molecule has 0 saturated heterocycles. The largest absolute Gasteiger partial charge is 0.497 e. The molecule has 1 atom stereocenters. The number of carbonyl (C=O) groups excluding carboxylic acids is 1. The van der Waals surface area contributed by atoms with Crippen molar-refractivity contribution in [2.24, 2.45) is 0 Å². The Balaban J connectivity index is 1.73. The molecule has 0 spiro atoms. The summed E-state index contributed by atoms with van der Waals surface area (Å²) in [5, 5.41) is 5.74. The summed E-state index contributed by atoms with van der Waals surface area (Å²) in [6.07, 6.45) is 2.34. The van der Waals surface area contributed by atoms with Gasteiger partial charge >= 0.3 is 5.97 Å². The van der Waals surface area contributed by atoms with Crippen molar-refractivity contribution in [2.45, 2.75) is 51.0 Å². The maximum atomic E-state index is 13.0. The molecular formula is C27H32N2O6. The van der Waals surface area contributed by atoms with E-state index in [-0.39, 0.29) is 17.6 Å². The maximum Gasteiger partial charge on any atom is 0.306 e. The number of esters is 1. The normalized spacial score (nSPS) is 15.0. The van der Waals surface area contributed by atoms with Crippen LogP contribution in [0.15, 0.2) is 41.2 Å². The van der Waals surface area contributed by atoms with Gasteiger partial charge in [0.25, 0.3) is 5.56 Å². The summed E-state index contributed by atoms with van der Waals surface area (Å²) in [7, 11) is 4.45. The molecule has 0 amide bonds. The highest BCUT2D eigenvalue weighted by atomic mass is 16.5. The van der Waals surface area contributed by atoms with E-state index in [9.17, 15) is 9.59 Å². The first-order valence-electron chi connectivity index (χ1n) is 11.6. The SMILES string of the molecule is COC(=O)C[C@H](c1ccc(OC)cc1OC)c1c(Cc2ccc3c(c2)CCC(C)(C)O3)[nH][nH]c1=O. The van der Waals surface area contributed by atoms with Gasteiger partial charge in [-0.15, -0.1) is 0 Å². The van der Waals surface area contributed by atoms with Crippen molar-refractivity contribution in [1.82, 2.24) is 10.2 Å². The smallest absolute Gasteiger partial charge is 0.306 e. The Bertz CT molecular complexity index is 1270. The number of methoxy groups -OCH3 is 3. The minimum atomic E-state index is -0.574. The van der Waals surface area contributed by atoms with Crippen LogP contribution in [0.3, 0.4) is 0 Å². The number of rotatable bonds is 8. The third-order valence-corrected chi connectivity index (χ3v) is 6.55. The van der Waals surface area contributed by atoms with Crippen molar-refractivity contribution in [3.63, 3.8) is 0 Å². The maximum absolute atomic E-state index is 13.0. The minimum Gasteiger partial charge on any atom is -0.497 e. The van der Waals surface area contributed by atoms with Crippen LogP contribution in [0.1, 0.15) is 60.6 Å². The summed E-state index contributed by atoms with van der Waals surface area (Å²) in [4.78, 5) is 25.4. The van der Waals surface area contributed by atoms with E-state index in [1.165, 1.54) is 7.11 Å². The molecular weight excluding hydrogens is 448 g/mol. The Morgan fingerprint density at radius 3 is 2.60 bits per heavy atom. The third-order valence-electron chi connectivity index (χ3n) is 6.55. The second kappa shape index (κ2) is 9.90. The van der Waals surface area contributed by atoms with Gasteiger partial charge in [-0.3, -0.25) is 14.7 Å². The Morgan fingerprint density at radius 2 is 1.89 bits per heavy atom. The standard InChI is InChI=1S/C27H32N2O6/c1-27(2)11-10-17-12-16(6-9-22(17)35-27)13-21-25(26(31)29-28-21)20(15-24(30)34-5)19-8-7-18(32-3)14-23(19)33-4/h6-9,12,14,20H,10-11,13,15H2,1-5H3,(H2,28,29,31)/t20-/m1/s1. The van der Waals surface area contributed by atoms with E-state index >= 15 is 0 Å². The molecule has 0 saturated carbocycles. The third kappa shape index (κ3) is 5.21. The van der Waals surface area contributed by atoms with E-state index in [0.717, 1.165) is 29.7 Å². The summed E-state index contributed by atoms with van der Waals surface area (Å²) in [5.74, 6) is 1.05. The van der Waals surface area contributed by atoms with Gasteiger partial charge in [-0.2, -0.15) is 0 Å². The Kier molecular flexibility index (Phi) is 6.91. The summed E-state index contributed by atoms with van der Waals surface area (Å²) in [6, 6.07) is 11.5. The van der Waals surface area contributed by atoms with E-state index in [1.807, 2.05) is 18.2 Å². The van der Waals surface area contributed by atoms with E-state index in [2.05, 4.69) is 30.1 Å². The van der Waals surface area contributed by atoms with Gasteiger partial charge in [0.15, 0.2) is 0 Å². The molecule has 0 bridgehead atoms. The number of hydrogen-bond acceptors (Lipinski definition) is 6. The molecule has 0 unspecified atom stereocenters. The summed E-state index contributed by atoms with van der Waals surface area (Å²) < 4.78 is 22.0. The fraction of sp³-hybridized carbons (Fsp3) is 0.407. The average Bonchev–Trinajstić information content (AvgIpc) is 3.21. The predicted molar refractivity (Wildman–Crippen MR) is 132 cm³/mol. The molecule has 2 N–H and O–H groups in total. The number of H-pyrrole nitrogens is 2. The number of nitrogens with one attached hydrogen (secondary N) is 2. The van der Waals surface area contributed by atoms with Crippen LogP contribution in [-0.4, -0.2) is 43.1 Å². The quantitative estimate of drug-likeness (QED) is 0.471. The number of aromatic amines is 2. The molecule has 2 aromatic carbocycles. The monoisotopic (exact) mass is 480 g/mol. The van der Waals surface area contributed by atoms with Gasteiger partial charge in [-0.25, -0.2) is 0 Å². The first kappa shape index (κ1) is 24.4. The lowest BCUT2D eigenvalue weighted by Crippen LogP contribution is -2.32. The number of aromatic nitrogens is 2. The molecule has 186 valence electrons.